The Kier molecular flexibility index (Phi) is 3.74. The summed E-state index contributed by atoms with van der Waals surface area (Å²) in [6.45, 7) is 8.03. The first kappa shape index (κ1) is 13.1. The minimum atomic E-state index is 0.275. The van der Waals surface area contributed by atoms with Gasteiger partial charge in [0.05, 0.1) is 0 Å². The number of amides is 1. The molecule has 1 aromatic rings. The fourth-order valence-electron chi connectivity index (χ4n) is 2.82. The lowest BCUT2D eigenvalue weighted by Gasteiger charge is -2.25. The van der Waals surface area contributed by atoms with E-state index < -0.39 is 0 Å². The van der Waals surface area contributed by atoms with Gasteiger partial charge in [0, 0.05) is 19.5 Å². The number of benzene rings is 1. The first-order valence-corrected chi connectivity index (χ1v) is 6.93. The van der Waals surface area contributed by atoms with Crippen LogP contribution in [0.4, 0.5) is 0 Å². The number of rotatable bonds is 5. The van der Waals surface area contributed by atoms with Crippen LogP contribution in [0.3, 0.4) is 0 Å². The molecule has 98 valence electrons. The van der Waals surface area contributed by atoms with Crippen molar-refractivity contribution in [1.82, 2.24) is 4.90 Å². The van der Waals surface area contributed by atoms with E-state index in [0.717, 1.165) is 13.1 Å². The van der Waals surface area contributed by atoms with Crippen molar-refractivity contribution >= 4 is 5.91 Å². The maximum Gasteiger partial charge on any atom is 0.222 e. The van der Waals surface area contributed by atoms with Crippen LogP contribution in [0.2, 0.25) is 0 Å². The molecule has 1 fully saturated rings. The summed E-state index contributed by atoms with van der Waals surface area (Å²) >= 11 is 0. The molecular formula is C16H23NO. The predicted octanol–water partition coefficient (Wildman–Crippen LogP) is 3.44. The summed E-state index contributed by atoms with van der Waals surface area (Å²) in [6, 6.07) is 10.7. The SMILES string of the molecule is CCC(=O)N(CC)C[C@@]1(C)CC1c1ccccc1. The molecule has 0 N–H and O–H groups in total. The van der Waals surface area contributed by atoms with Crippen LogP contribution in [0.5, 0.6) is 0 Å². The van der Waals surface area contributed by atoms with E-state index in [1.54, 1.807) is 0 Å². The highest BCUT2D eigenvalue weighted by Crippen LogP contribution is 2.59. The maximum atomic E-state index is 11.8. The topological polar surface area (TPSA) is 20.3 Å². The fourth-order valence-corrected chi connectivity index (χ4v) is 2.82. The minimum absolute atomic E-state index is 0.275. The zero-order valence-electron chi connectivity index (χ0n) is 11.6. The number of carbonyl (C=O) groups excluding carboxylic acids is 1. The van der Waals surface area contributed by atoms with Gasteiger partial charge in [-0.1, -0.05) is 44.2 Å². The molecule has 0 heterocycles. The Bertz CT molecular complexity index is 414. The number of hydrogen-bond acceptors (Lipinski definition) is 1. The maximum absolute atomic E-state index is 11.8. The van der Waals surface area contributed by atoms with Gasteiger partial charge in [0.15, 0.2) is 0 Å². The van der Waals surface area contributed by atoms with E-state index in [0.29, 0.717) is 12.3 Å². The Morgan fingerprint density at radius 2 is 2.00 bits per heavy atom. The summed E-state index contributed by atoms with van der Waals surface area (Å²) in [6.07, 6.45) is 1.81. The van der Waals surface area contributed by atoms with Crippen LogP contribution in [0.1, 0.15) is 45.1 Å². The van der Waals surface area contributed by atoms with Gasteiger partial charge in [0.1, 0.15) is 0 Å². The summed E-state index contributed by atoms with van der Waals surface area (Å²) in [5.74, 6) is 0.898. The van der Waals surface area contributed by atoms with Crippen LogP contribution in [-0.2, 0) is 4.79 Å². The summed E-state index contributed by atoms with van der Waals surface area (Å²) < 4.78 is 0. The van der Waals surface area contributed by atoms with Crippen LogP contribution < -0.4 is 0 Å². The second kappa shape index (κ2) is 5.13. The molecule has 1 saturated carbocycles. The average molecular weight is 245 g/mol. The van der Waals surface area contributed by atoms with Gasteiger partial charge < -0.3 is 4.90 Å². The van der Waals surface area contributed by atoms with Crippen molar-refractivity contribution in [2.24, 2.45) is 5.41 Å². The summed E-state index contributed by atoms with van der Waals surface area (Å²) in [5, 5.41) is 0. The zero-order chi connectivity index (χ0) is 13.2. The standard InChI is InChI=1S/C16H23NO/c1-4-15(18)17(5-2)12-16(3)11-14(16)13-9-7-6-8-10-13/h6-10,14H,4-5,11-12H2,1-3H3/t14?,16-/m1/s1. The molecule has 0 radical (unpaired) electrons. The lowest BCUT2D eigenvalue weighted by molar-refractivity contribution is -0.131. The molecule has 2 heteroatoms. The second-order valence-corrected chi connectivity index (χ2v) is 5.58. The van der Waals surface area contributed by atoms with Crippen molar-refractivity contribution in [2.45, 2.75) is 39.5 Å². The van der Waals surface area contributed by atoms with Crippen LogP contribution in [0.15, 0.2) is 30.3 Å². The number of hydrogen-bond donors (Lipinski definition) is 0. The molecule has 2 rings (SSSR count). The molecule has 0 aliphatic heterocycles. The van der Waals surface area contributed by atoms with Crippen molar-refractivity contribution in [3.05, 3.63) is 35.9 Å². The lowest BCUT2D eigenvalue weighted by Crippen LogP contribution is -2.35. The molecule has 2 atom stereocenters. The molecule has 0 saturated heterocycles. The summed E-state index contributed by atoms with van der Waals surface area (Å²) in [5.41, 5.74) is 1.70. The van der Waals surface area contributed by atoms with E-state index >= 15 is 0 Å². The summed E-state index contributed by atoms with van der Waals surface area (Å²) in [4.78, 5) is 13.8. The van der Waals surface area contributed by atoms with Crippen molar-refractivity contribution in [3.63, 3.8) is 0 Å². The number of carbonyl (C=O) groups is 1. The van der Waals surface area contributed by atoms with Gasteiger partial charge >= 0.3 is 0 Å². The van der Waals surface area contributed by atoms with Crippen molar-refractivity contribution in [1.29, 1.82) is 0 Å². The van der Waals surface area contributed by atoms with Gasteiger partial charge in [0.2, 0.25) is 5.91 Å². The van der Waals surface area contributed by atoms with E-state index in [4.69, 9.17) is 0 Å². The fraction of sp³-hybridized carbons (Fsp3) is 0.562. The lowest BCUT2D eigenvalue weighted by atomic mass is 10.0. The van der Waals surface area contributed by atoms with E-state index in [1.807, 2.05) is 11.8 Å². The highest BCUT2D eigenvalue weighted by atomic mass is 16.2. The summed E-state index contributed by atoms with van der Waals surface area (Å²) in [7, 11) is 0. The quantitative estimate of drug-likeness (QED) is 0.778. The van der Waals surface area contributed by atoms with Crippen LogP contribution >= 0.6 is 0 Å². The Morgan fingerprint density at radius 1 is 1.33 bits per heavy atom. The van der Waals surface area contributed by atoms with Crippen molar-refractivity contribution in [2.75, 3.05) is 13.1 Å². The Morgan fingerprint density at radius 3 is 2.56 bits per heavy atom. The van der Waals surface area contributed by atoms with Gasteiger partial charge in [-0.25, -0.2) is 0 Å². The van der Waals surface area contributed by atoms with E-state index in [2.05, 4.69) is 44.2 Å². The monoisotopic (exact) mass is 245 g/mol. The van der Waals surface area contributed by atoms with Crippen LogP contribution in [-0.4, -0.2) is 23.9 Å². The highest BCUT2D eigenvalue weighted by Gasteiger charge is 2.51. The van der Waals surface area contributed by atoms with E-state index in [-0.39, 0.29) is 11.3 Å². The Hall–Kier alpha value is -1.31. The molecule has 18 heavy (non-hydrogen) atoms. The average Bonchev–Trinajstić information content (AvgIpc) is 3.08. The van der Waals surface area contributed by atoms with E-state index in [9.17, 15) is 4.79 Å². The first-order valence-electron chi connectivity index (χ1n) is 6.93. The second-order valence-electron chi connectivity index (χ2n) is 5.58. The molecule has 2 nitrogen and oxygen atoms in total. The van der Waals surface area contributed by atoms with Crippen molar-refractivity contribution in [3.8, 4) is 0 Å². The third-order valence-corrected chi connectivity index (χ3v) is 4.14. The smallest absolute Gasteiger partial charge is 0.222 e. The van der Waals surface area contributed by atoms with Gasteiger partial charge in [-0.05, 0) is 30.2 Å². The molecule has 1 amide bonds. The van der Waals surface area contributed by atoms with Gasteiger partial charge in [0.25, 0.3) is 0 Å². The molecule has 0 bridgehead atoms. The van der Waals surface area contributed by atoms with Gasteiger partial charge in [-0.15, -0.1) is 0 Å². The largest absolute Gasteiger partial charge is 0.342 e. The Labute approximate surface area is 110 Å². The van der Waals surface area contributed by atoms with E-state index in [1.165, 1.54) is 12.0 Å². The third-order valence-electron chi connectivity index (χ3n) is 4.14. The minimum Gasteiger partial charge on any atom is -0.342 e. The number of nitrogens with zero attached hydrogens (tertiary/aromatic N) is 1. The molecule has 1 aliphatic rings. The van der Waals surface area contributed by atoms with Gasteiger partial charge in [-0.3, -0.25) is 4.79 Å². The zero-order valence-corrected chi connectivity index (χ0v) is 11.6. The molecule has 0 aromatic heterocycles. The molecule has 1 aromatic carbocycles. The molecule has 1 aliphatic carbocycles. The van der Waals surface area contributed by atoms with Crippen molar-refractivity contribution < 1.29 is 4.79 Å². The third kappa shape index (κ3) is 2.58. The van der Waals surface area contributed by atoms with Gasteiger partial charge in [-0.2, -0.15) is 0 Å². The normalized spacial score (nSPS) is 25.8. The molecule has 0 spiro atoms. The Balaban J connectivity index is 2.01. The highest BCUT2D eigenvalue weighted by molar-refractivity contribution is 5.75. The molecular weight excluding hydrogens is 222 g/mol. The predicted molar refractivity (Wildman–Crippen MR) is 74.5 cm³/mol. The molecule has 1 unspecified atom stereocenters. The first-order chi connectivity index (χ1) is 8.60. The van der Waals surface area contributed by atoms with Crippen LogP contribution in [0, 0.1) is 5.41 Å². The van der Waals surface area contributed by atoms with Crippen LogP contribution in [0.25, 0.3) is 0 Å².